The van der Waals surface area contributed by atoms with E-state index < -0.39 is 9.84 Å². The van der Waals surface area contributed by atoms with Gasteiger partial charge >= 0.3 is 0 Å². The fraction of sp³-hybridized carbons (Fsp3) is 0.944. The first-order chi connectivity index (χ1) is 10.9. The van der Waals surface area contributed by atoms with Crippen LogP contribution in [0.3, 0.4) is 0 Å². The van der Waals surface area contributed by atoms with Gasteiger partial charge in [0.25, 0.3) is 0 Å². The predicted molar refractivity (Wildman–Crippen MR) is 91.8 cm³/mol. The summed E-state index contributed by atoms with van der Waals surface area (Å²) in [6, 6.07) is 0.114. The first kappa shape index (κ1) is 17.2. The van der Waals surface area contributed by atoms with Gasteiger partial charge in [-0.3, -0.25) is 4.79 Å². The largest absolute Gasteiger partial charge is 0.352 e. The van der Waals surface area contributed by atoms with Crippen molar-refractivity contribution in [1.82, 2.24) is 5.32 Å². The Bertz CT molecular complexity index is 524. The highest BCUT2D eigenvalue weighted by molar-refractivity contribution is 7.92. The maximum Gasteiger partial charge on any atom is 0.235 e. The summed E-state index contributed by atoms with van der Waals surface area (Å²) in [5, 5.41) is 2.98. The molecule has 3 aliphatic carbocycles. The number of fused-ring (bicyclic) bond motifs is 2. The molecule has 0 aromatic heterocycles. The van der Waals surface area contributed by atoms with Crippen LogP contribution in [-0.2, 0) is 14.6 Å². The molecule has 2 bridgehead atoms. The SMILES string of the molecule is C[C@@H](NC(=O)CS(=O)(=O)CC1CCCCC1)[C@H]1C[C@H]2CC[C@H]1C2. The lowest BCUT2D eigenvalue weighted by atomic mass is 9.84. The van der Waals surface area contributed by atoms with Crippen LogP contribution in [0, 0.1) is 23.7 Å². The number of hydrogen-bond acceptors (Lipinski definition) is 3. The first-order valence-electron chi connectivity index (χ1n) is 9.43. The molecule has 3 fully saturated rings. The fourth-order valence-electron chi connectivity index (χ4n) is 5.28. The van der Waals surface area contributed by atoms with Crippen molar-refractivity contribution in [2.24, 2.45) is 23.7 Å². The molecule has 0 aromatic rings. The molecule has 0 aliphatic heterocycles. The molecule has 5 heteroatoms. The second-order valence-corrected chi connectivity index (χ2v) is 10.4. The summed E-state index contributed by atoms with van der Waals surface area (Å²) in [6.07, 6.45) is 10.6. The van der Waals surface area contributed by atoms with Crippen LogP contribution in [0.25, 0.3) is 0 Å². The normalized spacial score (nSPS) is 32.8. The Morgan fingerprint density at radius 1 is 1.09 bits per heavy atom. The summed E-state index contributed by atoms with van der Waals surface area (Å²) in [7, 11) is -3.27. The van der Waals surface area contributed by atoms with E-state index in [9.17, 15) is 13.2 Å². The lowest BCUT2D eigenvalue weighted by Crippen LogP contribution is -2.43. The van der Waals surface area contributed by atoms with Gasteiger partial charge in [0.15, 0.2) is 9.84 Å². The highest BCUT2D eigenvalue weighted by Gasteiger charge is 2.42. The second kappa shape index (κ2) is 7.12. The lowest BCUT2D eigenvalue weighted by molar-refractivity contribution is -0.119. The highest BCUT2D eigenvalue weighted by atomic mass is 32.2. The number of carbonyl (C=O) groups is 1. The second-order valence-electron chi connectivity index (χ2n) is 8.25. The van der Waals surface area contributed by atoms with E-state index >= 15 is 0 Å². The maximum atomic E-state index is 12.3. The molecule has 132 valence electrons. The Labute approximate surface area is 140 Å². The third-order valence-corrected chi connectivity index (χ3v) is 8.07. The maximum absolute atomic E-state index is 12.3. The summed E-state index contributed by atoms with van der Waals surface area (Å²) in [5.74, 6) is 1.99. The van der Waals surface area contributed by atoms with Crippen LogP contribution in [0.15, 0.2) is 0 Å². The molecule has 4 atom stereocenters. The third-order valence-electron chi connectivity index (χ3n) is 6.39. The number of amides is 1. The van der Waals surface area contributed by atoms with E-state index in [1.165, 1.54) is 32.1 Å². The number of carbonyl (C=O) groups excluding carboxylic acids is 1. The molecule has 3 aliphatic rings. The van der Waals surface area contributed by atoms with Crippen LogP contribution in [0.5, 0.6) is 0 Å². The zero-order chi connectivity index (χ0) is 16.4. The Morgan fingerprint density at radius 2 is 1.83 bits per heavy atom. The monoisotopic (exact) mass is 341 g/mol. The average molecular weight is 342 g/mol. The molecule has 23 heavy (non-hydrogen) atoms. The van der Waals surface area contributed by atoms with E-state index in [-0.39, 0.29) is 29.4 Å². The summed E-state index contributed by atoms with van der Waals surface area (Å²) < 4.78 is 24.6. The van der Waals surface area contributed by atoms with Gasteiger partial charge in [-0.15, -0.1) is 0 Å². The minimum Gasteiger partial charge on any atom is -0.352 e. The summed E-state index contributed by atoms with van der Waals surface area (Å²) in [5.41, 5.74) is 0. The molecule has 3 saturated carbocycles. The number of nitrogens with one attached hydrogen (secondary N) is 1. The highest BCUT2D eigenvalue weighted by Crippen LogP contribution is 2.49. The van der Waals surface area contributed by atoms with Crippen molar-refractivity contribution in [2.45, 2.75) is 70.8 Å². The van der Waals surface area contributed by atoms with Gasteiger partial charge in [0.1, 0.15) is 5.75 Å². The van der Waals surface area contributed by atoms with E-state index in [0.717, 1.165) is 37.5 Å². The van der Waals surface area contributed by atoms with Gasteiger partial charge in [0.2, 0.25) is 5.91 Å². The van der Waals surface area contributed by atoms with Crippen LogP contribution < -0.4 is 5.32 Å². The van der Waals surface area contributed by atoms with Gasteiger partial charge in [-0.2, -0.15) is 0 Å². The molecule has 0 radical (unpaired) electrons. The van der Waals surface area contributed by atoms with Crippen LogP contribution in [-0.4, -0.2) is 31.9 Å². The van der Waals surface area contributed by atoms with Crippen LogP contribution in [0.2, 0.25) is 0 Å². The van der Waals surface area contributed by atoms with Gasteiger partial charge in [-0.1, -0.05) is 25.7 Å². The van der Waals surface area contributed by atoms with Gasteiger partial charge in [-0.25, -0.2) is 8.42 Å². The van der Waals surface area contributed by atoms with Crippen LogP contribution >= 0.6 is 0 Å². The van der Waals surface area contributed by atoms with Gasteiger partial charge < -0.3 is 5.32 Å². The van der Waals surface area contributed by atoms with Crippen molar-refractivity contribution in [3.8, 4) is 0 Å². The van der Waals surface area contributed by atoms with E-state index in [0.29, 0.717) is 5.92 Å². The minimum atomic E-state index is -3.27. The number of hydrogen-bond donors (Lipinski definition) is 1. The average Bonchev–Trinajstić information content (AvgIpc) is 3.09. The smallest absolute Gasteiger partial charge is 0.235 e. The fourth-order valence-corrected chi connectivity index (χ4v) is 6.93. The van der Waals surface area contributed by atoms with Gasteiger partial charge in [-0.05, 0) is 62.7 Å². The molecule has 1 amide bonds. The summed E-state index contributed by atoms with van der Waals surface area (Å²) >= 11 is 0. The van der Waals surface area contributed by atoms with Crippen LogP contribution in [0.1, 0.15) is 64.7 Å². The van der Waals surface area contributed by atoms with E-state index in [4.69, 9.17) is 0 Å². The summed E-state index contributed by atoms with van der Waals surface area (Å²) in [4.78, 5) is 12.2. The van der Waals surface area contributed by atoms with Crippen molar-refractivity contribution < 1.29 is 13.2 Å². The molecule has 4 nitrogen and oxygen atoms in total. The molecular weight excluding hydrogens is 310 g/mol. The standard InChI is InChI=1S/C18H31NO3S/c1-13(17-10-15-7-8-16(17)9-15)19-18(20)12-23(21,22)11-14-5-3-2-4-6-14/h13-17H,2-12H2,1H3,(H,19,20)/t13-,15+,16+,17-/m1/s1. The summed E-state index contributed by atoms with van der Waals surface area (Å²) in [6.45, 7) is 2.05. The molecular formula is C18H31NO3S. The van der Waals surface area contributed by atoms with Crippen molar-refractivity contribution >= 4 is 15.7 Å². The molecule has 0 unspecified atom stereocenters. The van der Waals surface area contributed by atoms with Crippen molar-refractivity contribution in [3.63, 3.8) is 0 Å². The zero-order valence-corrected chi connectivity index (χ0v) is 15.1. The predicted octanol–water partition coefficient (Wildman–Crippen LogP) is 2.92. The first-order valence-corrected chi connectivity index (χ1v) is 11.2. The van der Waals surface area contributed by atoms with Gasteiger partial charge in [0, 0.05) is 6.04 Å². The quantitative estimate of drug-likeness (QED) is 0.808. The Morgan fingerprint density at radius 3 is 2.43 bits per heavy atom. The van der Waals surface area contributed by atoms with E-state index in [2.05, 4.69) is 12.2 Å². The van der Waals surface area contributed by atoms with Crippen molar-refractivity contribution in [2.75, 3.05) is 11.5 Å². The lowest BCUT2D eigenvalue weighted by Gasteiger charge is -2.28. The molecule has 0 saturated heterocycles. The zero-order valence-electron chi connectivity index (χ0n) is 14.3. The Kier molecular flexibility index (Phi) is 5.34. The molecule has 0 spiro atoms. The van der Waals surface area contributed by atoms with E-state index in [1.54, 1.807) is 0 Å². The third kappa shape index (κ3) is 4.49. The molecule has 0 aromatic carbocycles. The Balaban J connectivity index is 1.46. The van der Waals surface area contributed by atoms with Crippen LogP contribution in [0.4, 0.5) is 0 Å². The Hall–Kier alpha value is -0.580. The minimum absolute atomic E-state index is 0.114. The van der Waals surface area contributed by atoms with Gasteiger partial charge in [0.05, 0.1) is 5.75 Å². The topological polar surface area (TPSA) is 63.2 Å². The molecule has 1 N–H and O–H groups in total. The molecule has 3 rings (SSSR count). The molecule has 0 heterocycles. The van der Waals surface area contributed by atoms with E-state index in [1.807, 2.05) is 0 Å². The number of rotatable bonds is 6. The van der Waals surface area contributed by atoms with Crippen molar-refractivity contribution in [3.05, 3.63) is 0 Å². The number of sulfone groups is 1. The van der Waals surface area contributed by atoms with Crippen molar-refractivity contribution in [1.29, 1.82) is 0 Å².